The van der Waals surface area contributed by atoms with E-state index in [1.54, 1.807) is 48.6 Å². The zero-order valence-corrected chi connectivity index (χ0v) is 29.1. The average Bonchev–Trinajstić information content (AvgIpc) is 3.59. The van der Waals surface area contributed by atoms with Crippen molar-refractivity contribution < 1.29 is 43.9 Å². The number of amides is 2. The molecule has 53 heavy (non-hydrogen) atoms. The summed E-state index contributed by atoms with van der Waals surface area (Å²) >= 11 is 0. The first-order valence-electron chi connectivity index (χ1n) is 17.5. The monoisotopic (exact) mass is 718 g/mol. The van der Waals surface area contributed by atoms with Crippen molar-refractivity contribution in [1.82, 2.24) is 10.6 Å². The third kappa shape index (κ3) is 8.40. The number of hydrogen-bond acceptors (Lipinski definition) is 9. The maximum atomic E-state index is 14.0. The van der Waals surface area contributed by atoms with Gasteiger partial charge in [-0.05, 0) is 42.7 Å². The largest absolute Gasteiger partial charge is 0.508 e. The number of nitrogens with one attached hydrogen (secondary N) is 2. The number of phenolic OH excluding ortho intramolecular Hbond substituents is 1. The van der Waals surface area contributed by atoms with Crippen LogP contribution >= 0.6 is 0 Å². The Bertz CT molecular complexity index is 1920. The third-order valence-corrected chi connectivity index (χ3v) is 9.21. The van der Waals surface area contributed by atoms with E-state index in [0.717, 1.165) is 5.56 Å². The van der Waals surface area contributed by atoms with Gasteiger partial charge in [-0.3, -0.25) is 9.59 Å². The second-order valence-electron chi connectivity index (χ2n) is 12.9. The number of aromatic hydroxyl groups is 1. The highest BCUT2D eigenvalue weighted by Gasteiger charge is 2.55. The number of benzene rings is 4. The maximum absolute atomic E-state index is 14.0. The van der Waals surface area contributed by atoms with Gasteiger partial charge in [0.2, 0.25) is 17.6 Å². The van der Waals surface area contributed by atoms with Crippen LogP contribution in [0.5, 0.6) is 5.75 Å². The topological polar surface area (TPSA) is 164 Å². The van der Waals surface area contributed by atoms with Crippen LogP contribution in [-0.4, -0.2) is 76.7 Å². The molecule has 5 atom stereocenters. The fourth-order valence-electron chi connectivity index (χ4n) is 6.55. The van der Waals surface area contributed by atoms with Crippen molar-refractivity contribution in [3.63, 3.8) is 0 Å². The Morgan fingerprint density at radius 2 is 1.55 bits per heavy atom. The van der Waals surface area contributed by atoms with Gasteiger partial charge in [-0.15, -0.1) is 0 Å². The number of esters is 1. The molecule has 0 aromatic heterocycles. The summed E-state index contributed by atoms with van der Waals surface area (Å²) in [7, 11) is 0. The highest BCUT2D eigenvalue weighted by atomic mass is 16.8. The number of carbonyl (C=O) groups is 3. The molecule has 1 fully saturated rings. The van der Waals surface area contributed by atoms with Crippen molar-refractivity contribution in [2.24, 2.45) is 0 Å². The lowest BCUT2D eigenvalue weighted by Crippen LogP contribution is -2.54. The predicted octanol–water partition coefficient (Wildman–Crippen LogP) is 4.16. The Morgan fingerprint density at radius 1 is 0.906 bits per heavy atom. The van der Waals surface area contributed by atoms with Crippen LogP contribution in [0.2, 0.25) is 0 Å². The van der Waals surface area contributed by atoms with Crippen LogP contribution in [0, 0.1) is 0 Å². The molecule has 1 saturated heterocycles. The number of aliphatic hydroxyl groups excluding tert-OH is 2. The number of hydrogen-bond donors (Lipinski definition) is 5. The van der Waals surface area contributed by atoms with Crippen molar-refractivity contribution >= 4 is 23.9 Å². The average molecular weight is 719 g/mol. The molecule has 4 aromatic rings. The number of aliphatic hydroxyl groups is 2. The molecule has 0 spiro atoms. The van der Waals surface area contributed by atoms with Crippen molar-refractivity contribution in [2.75, 3.05) is 13.2 Å². The van der Waals surface area contributed by atoms with Gasteiger partial charge >= 0.3 is 5.97 Å². The summed E-state index contributed by atoms with van der Waals surface area (Å²) in [5.74, 6) is -3.22. The number of phenols is 1. The highest BCUT2D eigenvalue weighted by molar-refractivity contribution is 5.98. The molecule has 5 N–H and O–H groups in total. The number of para-hydroxylation sites is 1. The van der Waals surface area contributed by atoms with E-state index in [2.05, 4.69) is 10.6 Å². The van der Waals surface area contributed by atoms with Crippen LogP contribution in [0.1, 0.15) is 46.0 Å². The van der Waals surface area contributed by atoms with E-state index in [0.29, 0.717) is 23.1 Å². The minimum absolute atomic E-state index is 0.0555. The number of fused-ring (bicyclic) bond motifs is 1. The predicted molar refractivity (Wildman–Crippen MR) is 196 cm³/mol. The van der Waals surface area contributed by atoms with Crippen LogP contribution < -0.4 is 10.6 Å². The van der Waals surface area contributed by atoms with Crippen molar-refractivity contribution in [3.8, 4) is 5.75 Å². The van der Waals surface area contributed by atoms with Crippen molar-refractivity contribution in [1.29, 1.82) is 0 Å². The van der Waals surface area contributed by atoms with Gasteiger partial charge < -0.3 is 40.2 Å². The number of rotatable bonds is 13. The first kappa shape index (κ1) is 37.2. The molecule has 6 rings (SSSR count). The normalized spacial score (nSPS) is 20.1. The van der Waals surface area contributed by atoms with E-state index in [4.69, 9.17) is 19.3 Å². The minimum atomic E-state index is -1.42. The van der Waals surface area contributed by atoms with Gasteiger partial charge in [-0.2, -0.15) is 0 Å². The van der Waals surface area contributed by atoms with E-state index >= 15 is 0 Å². The zero-order chi connectivity index (χ0) is 37.4. The van der Waals surface area contributed by atoms with E-state index in [1.165, 1.54) is 6.92 Å². The fraction of sp³-hybridized carbons (Fsp3) is 0.262. The Kier molecular flexibility index (Phi) is 11.8. The Labute approximate surface area is 307 Å². The van der Waals surface area contributed by atoms with Crippen LogP contribution in [0.3, 0.4) is 0 Å². The second-order valence-corrected chi connectivity index (χ2v) is 12.9. The lowest BCUT2D eigenvalue weighted by atomic mass is 9.91. The first-order chi connectivity index (χ1) is 25.7. The Morgan fingerprint density at radius 3 is 2.21 bits per heavy atom. The standard InChI is InChI=1S/C42H42N2O9/c1-27(46)37(40(49)43-23-24-45)44-39(48)30-25-35(51-41(50)33-21-10-8-13-28(33)15-12-16-29-14-9-11-22-34(29)47)38-36(26-30)52-42(53-38,31-17-4-2-5-18-31)32-19-6-3-7-20-32/h2-15,17-22,26-27,35-38,45-47H,16,23-25H2,1H3,(H,43,49)(H,44,48). The maximum Gasteiger partial charge on any atom is 0.339 e. The third-order valence-electron chi connectivity index (χ3n) is 9.21. The molecule has 2 aliphatic rings. The minimum Gasteiger partial charge on any atom is -0.508 e. The summed E-state index contributed by atoms with van der Waals surface area (Å²) in [5.41, 5.74) is 3.16. The summed E-state index contributed by atoms with van der Waals surface area (Å²) in [6, 6.07) is 31.4. The summed E-state index contributed by atoms with van der Waals surface area (Å²) in [6.07, 6.45) is 1.60. The summed E-state index contributed by atoms with van der Waals surface area (Å²) in [6.45, 7) is 1.00. The molecule has 2 amide bonds. The summed E-state index contributed by atoms with van der Waals surface area (Å²) in [4.78, 5) is 40.6. The van der Waals surface area contributed by atoms with Gasteiger partial charge in [-0.1, -0.05) is 109 Å². The molecule has 1 aliphatic carbocycles. The molecule has 11 nitrogen and oxygen atoms in total. The smallest absolute Gasteiger partial charge is 0.339 e. The molecular formula is C42H42N2O9. The SMILES string of the molecule is CC(O)C(NC(=O)C1=CC2OC(c3ccccc3)(c3ccccc3)OC2C(OC(=O)c2ccccc2C=CCc2ccccc2O)C1)C(=O)NCCO. The van der Waals surface area contributed by atoms with Gasteiger partial charge in [0.1, 0.15) is 30.1 Å². The Hall–Kier alpha value is -5.59. The van der Waals surface area contributed by atoms with E-state index in [1.807, 2.05) is 78.9 Å². The van der Waals surface area contributed by atoms with Gasteiger partial charge in [0, 0.05) is 29.7 Å². The van der Waals surface area contributed by atoms with Gasteiger partial charge in [0.15, 0.2) is 0 Å². The molecule has 0 bridgehead atoms. The molecule has 1 heterocycles. The van der Waals surface area contributed by atoms with E-state index in [9.17, 15) is 24.6 Å². The van der Waals surface area contributed by atoms with Crippen molar-refractivity contribution in [3.05, 3.63) is 155 Å². The number of carbonyl (C=O) groups excluding carboxylic acids is 3. The summed E-state index contributed by atoms with van der Waals surface area (Å²) in [5, 5.41) is 34.8. The number of allylic oxidation sites excluding steroid dienone is 1. The fourth-order valence-corrected chi connectivity index (χ4v) is 6.55. The lowest BCUT2D eigenvalue weighted by molar-refractivity contribution is -0.157. The molecule has 1 aliphatic heterocycles. The van der Waals surface area contributed by atoms with Crippen LogP contribution in [0.15, 0.2) is 127 Å². The van der Waals surface area contributed by atoms with Crippen LogP contribution in [0.25, 0.3) is 6.08 Å². The van der Waals surface area contributed by atoms with Crippen molar-refractivity contribution in [2.45, 2.75) is 56.0 Å². The first-order valence-corrected chi connectivity index (χ1v) is 17.5. The Balaban J connectivity index is 1.32. The van der Waals surface area contributed by atoms with Gasteiger partial charge in [0.25, 0.3) is 0 Å². The van der Waals surface area contributed by atoms with E-state index < -0.39 is 54.0 Å². The molecule has 0 saturated carbocycles. The quantitative estimate of drug-likeness (QED) is 0.128. The number of ether oxygens (including phenoxy) is 3. The molecule has 0 radical (unpaired) electrons. The molecule has 5 unspecified atom stereocenters. The van der Waals surface area contributed by atoms with Gasteiger partial charge in [0.05, 0.1) is 18.3 Å². The second kappa shape index (κ2) is 16.8. The molecule has 11 heteroatoms. The molecule has 274 valence electrons. The van der Waals surface area contributed by atoms with Gasteiger partial charge in [-0.25, -0.2) is 4.79 Å². The van der Waals surface area contributed by atoms with Crippen LogP contribution in [-0.2, 0) is 36.0 Å². The highest BCUT2D eigenvalue weighted by Crippen LogP contribution is 2.47. The molecular weight excluding hydrogens is 676 g/mol. The summed E-state index contributed by atoms with van der Waals surface area (Å²) < 4.78 is 19.8. The van der Waals surface area contributed by atoms with Crippen LogP contribution in [0.4, 0.5) is 0 Å². The lowest BCUT2D eigenvalue weighted by Gasteiger charge is -2.32. The molecule has 4 aromatic carbocycles. The van der Waals surface area contributed by atoms with E-state index in [-0.39, 0.29) is 36.5 Å². The zero-order valence-electron chi connectivity index (χ0n) is 29.1.